The highest BCUT2D eigenvalue weighted by molar-refractivity contribution is 6.06. The molecule has 1 saturated heterocycles. The molecule has 3 aliphatic heterocycles. The van der Waals surface area contributed by atoms with E-state index in [0.29, 0.717) is 31.6 Å². The van der Waals surface area contributed by atoms with Crippen LogP contribution in [-0.4, -0.2) is 52.1 Å². The first-order chi connectivity index (χ1) is 13.2. The molecular weight excluding hydrogens is 344 g/mol. The summed E-state index contributed by atoms with van der Waals surface area (Å²) in [5, 5.41) is 17.0. The predicted molar refractivity (Wildman–Crippen MR) is 101 cm³/mol. The van der Waals surface area contributed by atoms with Crippen molar-refractivity contribution < 1.29 is 9.59 Å². The second-order valence-corrected chi connectivity index (χ2v) is 7.46. The first-order valence-corrected chi connectivity index (χ1v) is 9.41. The molecule has 0 radical (unpaired) electrons. The maximum absolute atomic E-state index is 13.0. The predicted octanol–water partition coefficient (Wildman–Crippen LogP) is 1.09. The number of nitrogens with one attached hydrogen (secondary N) is 4. The second kappa shape index (κ2) is 6.09. The minimum absolute atomic E-state index is 0.0171. The van der Waals surface area contributed by atoms with Crippen LogP contribution in [0.25, 0.3) is 0 Å². The number of H-pyrrole nitrogens is 1. The Bertz CT molecular complexity index is 913. The highest BCUT2D eigenvalue weighted by Gasteiger charge is 2.45. The van der Waals surface area contributed by atoms with Crippen molar-refractivity contribution in [3.63, 3.8) is 0 Å². The Kier molecular flexibility index (Phi) is 3.68. The highest BCUT2D eigenvalue weighted by Crippen LogP contribution is 2.36. The number of amides is 2. The van der Waals surface area contributed by atoms with Gasteiger partial charge >= 0.3 is 0 Å². The Labute approximate surface area is 156 Å². The molecule has 3 aliphatic rings. The van der Waals surface area contributed by atoms with Crippen LogP contribution < -0.4 is 16.0 Å². The molecule has 1 aromatic carbocycles. The first kappa shape index (κ1) is 16.3. The summed E-state index contributed by atoms with van der Waals surface area (Å²) in [4.78, 5) is 27.5. The summed E-state index contributed by atoms with van der Waals surface area (Å²) >= 11 is 0. The molecule has 1 aromatic heterocycles. The molecule has 0 saturated carbocycles. The lowest BCUT2D eigenvalue weighted by Crippen LogP contribution is -2.59. The van der Waals surface area contributed by atoms with Gasteiger partial charge in [0.05, 0.1) is 17.1 Å². The Morgan fingerprint density at radius 3 is 2.74 bits per heavy atom. The van der Waals surface area contributed by atoms with Crippen LogP contribution in [0.4, 0.5) is 11.4 Å². The molecule has 2 aromatic rings. The lowest BCUT2D eigenvalue weighted by atomic mass is 9.84. The average molecular weight is 366 g/mol. The lowest BCUT2D eigenvalue weighted by Gasteiger charge is -2.44. The largest absolute Gasteiger partial charge is 0.369 e. The number of likely N-dealkylation sites (tertiary alicyclic amines) is 1. The van der Waals surface area contributed by atoms with Gasteiger partial charge in [0, 0.05) is 25.2 Å². The molecular formula is C19H22N6O2. The van der Waals surface area contributed by atoms with E-state index in [1.54, 1.807) is 0 Å². The maximum Gasteiger partial charge on any atom is 0.274 e. The minimum Gasteiger partial charge on any atom is -0.369 e. The van der Waals surface area contributed by atoms with Crippen molar-refractivity contribution in [2.75, 3.05) is 30.3 Å². The number of nitrogens with zero attached hydrogens (tertiary/aromatic N) is 2. The van der Waals surface area contributed by atoms with E-state index in [9.17, 15) is 9.59 Å². The number of para-hydroxylation sites is 2. The molecule has 8 nitrogen and oxygen atoms in total. The van der Waals surface area contributed by atoms with E-state index >= 15 is 0 Å². The van der Waals surface area contributed by atoms with Crippen molar-refractivity contribution >= 4 is 23.2 Å². The Hall–Kier alpha value is -2.87. The molecule has 0 unspecified atom stereocenters. The summed E-state index contributed by atoms with van der Waals surface area (Å²) in [7, 11) is 0. The van der Waals surface area contributed by atoms with Gasteiger partial charge in [-0.2, -0.15) is 5.10 Å². The molecule has 5 rings (SSSR count). The molecule has 0 atom stereocenters. The van der Waals surface area contributed by atoms with Crippen LogP contribution in [-0.2, 0) is 17.8 Å². The quantitative estimate of drug-likeness (QED) is 0.605. The summed E-state index contributed by atoms with van der Waals surface area (Å²) in [6.07, 6.45) is 1.96. The molecule has 1 spiro atoms. The Balaban J connectivity index is 1.32. The van der Waals surface area contributed by atoms with E-state index < -0.39 is 5.54 Å². The van der Waals surface area contributed by atoms with E-state index in [1.807, 2.05) is 29.2 Å². The number of rotatable bonds is 1. The Morgan fingerprint density at radius 2 is 1.93 bits per heavy atom. The second-order valence-electron chi connectivity index (χ2n) is 7.46. The normalized spacial score (nSPS) is 20.4. The lowest BCUT2D eigenvalue weighted by molar-refractivity contribution is -0.122. The van der Waals surface area contributed by atoms with Crippen molar-refractivity contribution in [2.45, 2.75) is 31.3 Å². The molecule has 8 heteroatoms. The van der Waals surface area contributed by atoms with Crippen LogP contribution in [0.3, 0.4) is 0 Å². The fourth-order valence-electron chi connectivity index (χ4n) is 4.27. The number of anilines is 2. The van der Waals surface area contributed by atoms with Crippen LogP contribution in [0.1, 0.15) is 34.6 Å². The van der Waals surface area contributed by atoms with Crippen molar-refractivity contribution in [1.82, 2.24) is 20.4 Å². The summed E-state index contributed by atoms with van der Waals surface area (Å²) in [6.45, 7) is 2.64. The standard InChI is InChI=1S/C19H22N6O2/c26-17(16-12-5-8-20-11-15(12)23-24-16)25-9-6-19(7-10-25)18(27)21-13-3-1-2-4-14(13)22-19/h1-4,20,22H,5-11H2,(H,21,27)(H,23,24). The molecule has 4 N–H and O–H groups in total. The number of aromatic amines is 1. The molecule has 140 valence electrons. The zero-order chi connectivity index (χ0) is 18.4. The fraction of sp³-hybridized carbons (Fsp3) is 0.421. The molecule has 0 aliphatic carbocycles. The van der Waals surface area contributed by atoms with Gasteiger partial charge in [-0.15, -0.1) is 0 Å². The first-order valence-electron chi connectivity index (χ1n) is 9.41. The Morgan fingerprint density at radius 1 is 1.15 bits per heavy atom. The zero-order valence-electron chi connectivity index (χ0n) is 15.0. The number of piperidine rings is 1. The topological polar surface area (TPSA) is 102 Å². The van der Waals surface area contributed by atoms with Gasteiger partial charge in [-0.25, -0.2) is 0 Å². The van der Waals surface area contributed by atoms with Gasteiger partial charge in [-0.05, 0) is 37.9 Å². The summed E-state index contributed by atoms with van der Waals surface area (Å²) in [5.41, 5.74) is 3.66. The number of fused-ring (bicyclic) bond motifs is 2. The summed E-state index contributed by atoms with van der Waals surface area (Å²) in [5.74, 6) is -0.0580. The average Bonchev–Trinajstić information content (AvgIpc) is 3.13. The van der Waals surface area contributed by atoms with Crippen molar-refractivity contribution in [3.8, 4) is 0 Å². The number of benzene rings is 1. The van der Waals surface area contributed by atoms with Crippen LogP contribution in [0.15, 0.2) is 24.3 Å². The summed E-state index contributed by atoms with van der Waals surface area (Å²) in [6, 6.07) is 7.71. The van der Waals surface area contributed by atoms with E-state index in [1.165, 1.54) is 0 Å². The molecule has 2 amide bonds. The number of carbonyl (C=O) groups is 2. The van der Waals surface area contributed by atoms with Crippen LogP contribution >= 0.6 is 0 Å². The molecule has 4 heterocycles. The number of hydrogen-bond donors (Lipinski definition) is 4. The van der Waals surface area contributed by atoms with Gasteiger partial charge < -0.3 is 20.9 Å². The maximum atomic E-state index is 13.0. The monoisotopic (exact) mass is 366 g/mol. The SMILES string of the molecule is O=C(c1n[nH]c2c1CCNC2)N1CCC2(CC1)Nc1ccccc1NC2=O. The zero-order valence-corrected chi connectivity index (χ0v) is 15.0. The van der Waals surface area contributed by atoms with Crippen molar-refractivity contribution in [3.05, 3.63) is 41.2 Å². The molecule has 27 heavy (non-hydrogen) atoms. The van der Waals surface area contributed by atoms with Gasteiger partial charge in [-0.3, -0.25) is 14.7 Å². The van der Waals surface area contributed by atoms with Gasteiger partial charge in [0.25, 0.3) is 5.91 Å². The minimum atomic E-state index is -0.653. The van der Waals surface area contributed by atoms with Gasteiger partial charge in [0.15, 0.2) is 5.69 Å². The third-order valence-electron chi connectivity index (χ3n) is 5.90. The summed E-state index contributed by atoms with van der Waals surface area (Å²) < 4.78 is 0. The third-order valence-corrected chi connectivity index (χ3v) is 5.90. The van der Waals surface area contributed by atoms with Crippen LogP contribution in [0.5, 0.6) is 0 Å². The van der Waals surface area contributed by atoms with Crippen molar-refractivity contribution in [2.24, 2.45) is 0 Å². The van der Waals surface area contributed by atoms with Crippen LogP contribution in [0.2, 0.25) is 0 Å². The van der Waals surface area contributed by atoms with E-state index in [0.717, 1.165) is 42.1 Å². The fourth-order valence-corrected chi connectivity index (χ4v) is 4.27. The number of aromatic nitrogens is 2. The highest BCUT2D eigenvalue weighted by atomic mass is 16.2. The van der Waals surface area contributed by atoms with Gasteiger partial charge in [0.1, 0.15) is 5.54 Å². The van der Waals surface area contributed by atoms with Gasteiger partial charge in [0.2, 0.25) is 5.91 Å². The third kappa shape index (κ3) is 2.59. The number of carbonyl (C=O) groups excluding carboxylic acids is 2. The smallest absolute Gasteiger partial charge is 0.274 e. The molecule has 1 fully saturated rings. The van der Waals surface area contributed by atoms with Crippen molar-refractivity contribution in [1.29, 1.82) is 0 Å². The van der Waals surface area contributed by atoms with E-state index in [-0.39, 0.29) is 11.8 Å². The van der Waals surface area contributed by atoms with E-state index in [2.05, 4.69) is 26.1 Å². The number of hydrogen-bond acceptors (Lipinski definition) is 5. The van der Waals surface area contributed by atoms with Crippen LogP contribution in [0, 0.1) is 0 Å². The van der Waals surface area contributed by atoms with E-state index in [4.69, 9.17) is 0 Å². The van der Waals surface area contributed by atoms with Gasteiger partial charge in [-0.1, -0.05) is 12.1 Å². The molecule has 0 bridgehead atoms.